The summed E-state index contributed by atoms with van der Waals surface area (Å²) in [6, 6.07) is 5.74. The Bertz CT molecular complexity index is 647. The lowest BCUT2D eigenvalue weighted by molar-refractivity contribution is 0.495. The molecule has 0 saturated carbocycles. The molecule has 1 nitrogen and oxygen atoms in total. The molecule has 2 rings (SSSR count). The molecule has 1 atom stereocenters. The summed E-state index contributed by atoms with van der Waals surface area (Å²) in [5, 5.41) is 3.63. The molecule has 0 aliphatic rings. The number of hydrogen-bond acceptors (Lipinski definition) is 1. The van der Waals surface area contributed by atoms with Crippen LogP contribution in [0.3, 0.4) is 0 Å². The number of hydrogen-bond donors (Lipinski definition) is 1. The molecule has 0 aromatic heterocycles. The third-order valence-electron chi connectivity index (χ3n) is 2.81. The van der Waals surface area contributed by atoms with Crippen LogP contribution in [0.2, 0.25) is 10.0 Å². The highest BCUT2D eigenvalue weighted by Gasteiger charge is 2.14. The van der Waals surface area contributed by atoms with Gasteiger partial charge in [-0.25, -0.2) is 13.2 Å². The Hall–Kier alpha value is -1.39. The standard InChI is InChI=1S/C14H10Cl2F3N/c1-7(9-3-2-8(15)4-10(9)16)20-14-6-12(18)11(17)5-13(14)19/h2-7,20H,1H3. The lowest BCUT2D eigenvalue weighted by Crippen LogP contribution is -2.09. The summed E-state index contributed by atoms with van der Waals surface area (Å²) in [6.07, 6.45) is 0. The monoisotopic (exact) mass is 319 g/mol. The molecule has 20 heavy (non-hydrogen) atoms. The molecule has 0 radical (unpaired) electrons. The van der Waals surface area contributed by atoms with E-state index in [1.165, 1.54) is 0 Å². The molecule has 106 valence electrons. The summed E-state index contributed by atoms with van der Waals surface area (Å²) < 4.78 is 39.5. The molecule has 6 heteroatoms. The van der Waals surface area contributed by atoms with Gasteiger partial charge < -0.3 is 5.32 Å². The van der Waals surface area contributed by atoms with Crippen molar-refractivity contribution < 1.29 is 13.2 Å². The first-order valence-electron chi connectivity index (χ1n) is 5.74. The van der Waals surface area contributed by atoms with Crippen molar-refractivity contribution in [1.82, 2.24) is 0 Å². The van der Waals surface area contributed by atoms with Crippen LogP contribution in [-0.2, 0) is 0 Å². The number of rotatable bonds is 3. The fourth-order valence-electron chi connectivity index (χ4n) is 1.80. The molecule has 0 aliphatic heterocycles. The van der Waals surface area contributed by atoms with Crippen molar-refractivity contribution in [1.29, 1.82) is 0 Å². The Morgan fingerprint density at radius 3 is 2.25 bits per heavy atom. The first-order valence-corrected chi connectivity index (χ1v) is 6.50. The number of anilines is 1. The van der Waals surface area contributed by atoms with Crippen LogP contribution in [-0.4, -0.2) is 0 Å². The van der Waals surface area contributed by atoms with Crippen molar-refractivity contribution in [3.63, 3.8) is 0 Å². The van der Waals surface area contributed by atoms with Gasteiger partial charge in [0.1, 0.15) is 5.82 Å². The molecule has 1 N–H and O–H groups in total. The molecular formula is C14H10Cl2F3N. The van der Waals surface area contributed by atoms with E-state index in [1.807, 2.05) is 0 Å². The first kappa shape index (κ1) is 15.0. The minimum absolute atomic E-state index is 0.137. The lowest BCUT2D eigenvalue weighted by Gasteiger charge is -2.18. The van der Waals surface area contributed by atoms with Gasteiger partial charge in [0, 0.05) is 22.2 Å². The summed E-state index contributed by atoms with van der Waals surface area (Å²) in [7, 11) is 0. The van der Waals surface area contributed by atoms with E-state index in [0.717, 1.165) is 6.07 Å². The highest BCUT2D eigenvalue weighted by molar-refractivity contribution is 6.35. The highest BCUT2D eigenvalue weighted by atomic mass is 35.5. The normalized spacial score (nSPS) is 12.3. The van der Waals surface area contributed by atoms with Gasteiger partial charge >= 0.3 is 0 Å². The molecule has 2 aromatic carbocycles. The van der Waals surface area contributed by atoms with E-state index in [1.54, 1.807) is 25.1 Å². The van der Waals surface area contributed by atoms with E-state index >= 15 is 0 Å². The van der Waals surface area contributed by atoms with E-state index in [0.29, 0.717) is 21.7 Å². The van der Waals surface area contributed by atoms with E-state index < -0.39 is 23.5 Å². The predicted octanol–water partition coefficient (Wildman–Crippen LogP) is 5.58. The second kappa shape index (κ2) is 5.94. The van der Waals surface area contributed by atoms with Crippen LogP contribution in [0.25, 0.3) is 0 Å². The quantitative estimate of drug-likeness (QED) is 0.728. The molecule has 0 amide bonds. The molecule has 0 aliphatic carbocycles. The number of halogens is 5. The summed E-state index contributed by atoms with van der Waals surface area (Å²) in [5.41, 5.74) is 0.530. The van der Waals surface area contributed by atoms with Crippen molar-refractivity contribution in [2.75, 3.05) is 5.32 Å². The smallest absolute Gasteiger partial charge is 0.161 e. The van der Waals surface area contributed by atoms with Gasteiger partial charge in [0.15, 0.2) is 11.6 Å². The van der Waals surface area contributed by atoms with Gasteiger partial charge in [-0.2, -0.15) is 0 Å². The second-order valence-electron chi connectivity index (χ2n) is 4.28. The topological polar surface area (TPSA) is 12.0 Å². The van der Waals surface area contributed by atoms with Gasteiger partial charge in [0.25, 0.3) is 0 Å². The Balaban J connectivity index is 2.27. The summed E-state index contributed by atoms with van der Waals surface area (Å²) in [4.78, 5) is 0. The Kier molecular flexibility index (Phi) is 4.45. The minimum atomic E-state index is -1.23. The second-order valence-corrected chi connectivity index (χ2v) is 5.12. The fourth-order valence-corrected chi connectivity index (χ4v) is 2.37. The van der Waals surface area contributed by atoms with Crippen LogP contribution in [0.15, 0.2) is 30.3 Å². The summed E-state index contributed by atoms with van der Waals surface area (Å²) in [5.74, 6) is -3.23. The lowest BCUT2D eigenvalue weighted by atomic mass is 10.1. The van der Waals surface area contributed by atoms with Gasteiger partial charge in [0.2, 0.25) is 0 Å². The zero-order valence-corrected chi connectivity index (χ0v) is 11.9. The Labute approximate surface area is 124 Å². The van der Waals surface area contributed by atoms with Crippen molar-refractivity contribution in [2.24, 2.45) is 0 Å². The van der Waals surface area contributed by atoms with E-state index in [-0.39, 0.29) is 5.69 Å². The third-order valence-corrected chi connectivity index (χ3v) is 3.37. The molecule has 2 aromatic rings. The van der Waals surface area contributed by atoms with Crippen LogP contribution >= 0.6 is 23.2 Å². The molecule has 1 unspecified atom stereocenters. The summed E-state index contributed by atoms with van der Waals surface area (Å²) >= 11 is 11.8. The van der Waals surface area contributed by atoms with E-state index in [4.69, 9.17) is 23.2 Å². The van der Waals surface area contributed by atoms with Crippen LogP contribution in [0.1, 0.15) is 18.5 Å². The highest BCUT2D eigenvalue weighted by Crippen LogP contribution is 2.29. The molecule has 0 spiro atoms. The third kappa shape index (κ3) is 3.19. The Morgan fingerprint density at radius 2 is 1.60 bits per heavy atom. The van der Waals surface area contributed by atoms with Crippen LogP contribution in [0, 0.1) is 17.5 Å². The molecule has 0 fully saturated rings. The van der Waals surface area contributed by atoms with E-state index in [2.05, 4.69) is 5.32 Å². The van der Waals surface area contributed by atoms with Gasteiger partial charge in [-0.15, -0.1) is 0 Å². The zero-order valence-electron chi connectivity index (χ0n) is 10.4. The van der Waals surface area contributed by atoms with Crippen LogP contribution < -0.4 is 5.32 Å². The van der Waals surface area contributed by atoms with Crippen molar-refractivity contribution in [2.45, 2.75) is 13.0 Å². The van der Waals surface area contributed by atoms with Crippen LogP contribution in [0.4, 0.5) is 18.9 Å². The predicted molar refractivity (Wildman–Crippen MR) is 74.8 cm³/mol. The van der Waals surface area contributed by atoms with Gasteiger partial charge in [-0.05, 0) is 24.6 Å². The van der Waals surface area contributed by atoms with E-state index in [9.17, 15) is 13.2 Å². The van der Waals surface area contributed by atoms with Crippen molar-refractivity contribution >= 4 is 28.9 Å². The minimum Gasteiger partial charge on any atom is -0.376 e. The average Bonchev–Trinajstić information content (AvgIpc) is 2.35. The molecule has 0 saturated heterocycles. The largest absolute Gasteiger partial charge is 0.376 e. The maximum atomic E-state index is 13.5. The van der Waals surface area contributed by atoms with Gasteiger partial charge in [-0.1, -0.05) is 29.3 Å². The summed E-state index contributed by atoms with van der Waals surface area (Å²) in [6.45, 7) is 1.72. The SMILES string of the molecule is CC(Nc1cc(F)c(F)cc1F)c1ccc(Cl)cc1Cl. The zero-order chi connectivity index (χ0) is 14.9. The average molecular weight is 320 g/mol. The number of benzene rings is 2. The maximum absolute atomic E-state index is 13.5. The molecular weight excluding hydrogens is 310 g/mol. The van der Waals surface area contributed by atoms with Crippen LogP contribution in [0.5, 0.6) is 0 Å². The van der Waals surface area contributed by atoms with Gasteiger partial charge in [0.05, 0.1) is 11.7 Å². The Morgan fingerprint density at radius 1 is 0.950 bits per heavy atom. The molecule has 0 bridgehead atoms. The fraction of sp³-hybridized carbons (Fsp3) is 0.143. The first-order chi connectivity index (χ1) is 9.38. The van der Waals surface area contributed by atoms with Crippen molar-refractivity contribution in [3.05, 3.63) is 63.4 Å². The van der Waals surface area contributed by atoms with Gasteiger partial charge in [-0.3, -0.25) is 0 Å². The molecule has 0 heterocycles. The van der Waals surface area contributed by atoms with Crippen molar-refractivity contribution in [3.8, 4) is 0 Å². The maximum Gasteiger partial charge on any atom is 0.161 e. The number of nitrogens with one attached hydrogen (secondary N) is 1.